The molecule has 2 rings (SSSR count). The third-order valence-corrected chi connectivity index (χ3v) is 2.63. The van der Waals surface area contributed by atoms with E-state index in [0.717, 1.165) is 0 Å². The molecule has 0 radical (unpaired) electrons. The summed E-state index contributed by atoms with van der Waals surface area (Å²) < 4.78 is 5.01. The van der Waals surface area contributed by atoms with Gasteiger partial charge in [-0.25, -0.2) is 4.98 Å². The fourth-order valence-electron chi connectivity index (χ4n) is 1.70. The van der Waals surface area contributed by atoms with Crippen LogP contribution in [0.15, 0.2) is 30.3 Å². The largest absolute Gasteiger partial charge is 0.508 e. The lowest BCUT2D eigenvalue weighted by Gasteiger charge is -2.07. The predicted octanol–water partition coefficient (Wildman–Crippen LogP) is 1.68. The predicted molar refractivity (Wildman–Crippen MR) is 73.8 cm³/mol. The Balaban J connectivity index is 2.08. The number of aromatic hydroxyl groups is 1. The van der Waals surface area contributed by atoms with Crippen molar-refractivity contribution in [3.05, 3.63) is 41.6 Å². The van der Waals surface area contributed by atoms with Gasteiger partial charge < -0.3 is 9.84 Å². The van der Waals surface area contributed by atoms with Crippen molar-refractivity contribution in [2.75, 3.05) is 12.4 Å². The molecule has 0 saturated carbocycles. The van der Waals surface area contributed by atoms with Crippen LogP contribution < -0.4 is 10.1 Å². The minimum Gasteiger partial charge on any atom is -0.508 e. The van der Waals surface area contributed by atoms with Gasteiger partial charge in [-0.3, -0.25) is 10.1 Å². The average Bonchev–Trinajstić information content (AvgIpc) is 2.40. The van der Waals surface area contributed by atoms with Gasteiger partial charge in [0.1, 0.15) is 5.75 Å². The zero-order chi connectivity index (χ0) is 14.5. The first-order chi connectivity index (χ1) is 9.58. The number of phenolic OH excluding ortho intramolecular Hbond substituents is 1. The van der Waals surface area contributed by atoms with Crippen molar-refractivity contribution in [3.63, 3.8) is 0 Å². The summed E-state index contributed by atoms with van der Waals surface area (Å²) in [5, 5.41) is 12.2. The van der Waals surface area contributed by atoms with Crippen molar-refractivity contribution < 1.29 is 14.6 Å². The number of nitrogens with one attached hydrogen (secondary N) is 1. The summed E-state index contributed by atoms with van der Waals surface area (Å²) in [4.78, 5) is 20.0. The number of carbonyl (C=O) groups is 1. The van der Waals surface area contributed by atoms with E-state index in [0.29, 0.717) is 17.1 Å². The minimum atomic E-state index is -0.306. The lowest BCUT2D eigenvalue weighted by Crippen LogP contribution is -2.17. The van der Waals surface area contributed by atoms with Gasteiger partial charge in [0, 0.05) is 17.3 Å². The van der Waals surface area contributed by atoms with Gasteiger partial charge in [-0.1, -0.05) is 18.2 Å². The third kappa shape index (κ3) is 3.44. The number of aryl methyl sites for hydroxylation is 1. The van der Waals surface area contributed by atoms with E-state index in [1.165, 1.54) is 13.2 Å². The summed E-state index contributed by atoms with van der Waals surface area (Å²) in [7, 11) is 1.50. The van der Waals surface area contributed by atoms with Crippen LogP contribution in [0.2, 0.25) is 0 Å². The molecular formula is C14H15N3O3. The molecule has 0 aliphatic heterocycles. The quantitative estimate of drug-likeness (QED) is 0.885. The molecule has 0 fully saturated rings. The minimum absolute atomic E-state index is 0.0479. The molecule has 0 atom stereocenters. The topological polar surface area (TPSA) is 84.3 Å². The van der Waals surface area contributed by atoms with Crippen LogP contribution in [-0.4, -0.2) is 28.1 Å². The number of amides is 1. The smallest absolute Gasteiger partial charge is 0.232 e. The molecule has 6 heteroatoms. The molecule has 104 valence electrons. The number of hydrogen-bond donors (Lipinski definition) is 2. The van der Waals surface area contributed by atoms with E-state index in [1.807, 2.05) is 0 Å². The second-order valence-corrected chi connectivity index (χ2v) is 4.23. The lowest BCUT2D eigenvalue weighted by molar-refractivity contribution is -0.115. The zero-order valence-electron chi connectivity index (χ0n) is 11.3. The summed E-state index contributed by atoms with van der Waals surface area (Å²) in [6.07, 6.45) is 0.0479. The third-order valence-electron chi connectivity index (χ3n) is 2.63. The van der Waals surface area contributed by atoms with Gasteiger partial charge in [-0.05, 0) is 13.0 Å². The number of benzene rings is 1. The van der Waals surface area contributed by atoms with E-state index in [4.69, 9.17) is 4.74 Å². The average molecular weight is 273 g/mol. The fourth-order valence-corrected chi connectivity index (χ4v) is 1.70. The Morgan fingerprint density at radius 2 is 2.10 bits per heavy atom. The first-order valence-electron chi connectivity index (χ1n) is 6.05. The molecule has 2 N–H and O–H groups in total. The zero-order valence-corrected chi connectivity index (χ0v) is 11.3. The number of phenols is 1. The Bertz CT molecular complexity index is 629. The van der Waals surface area contributed by atoms with Crippen LogP contribution in [0.3, 0.4) is 0 Å². The van der Waals surface area contributed by atoms with Crippen LogP contribution in [0.4, 0.5) is 5.95 Å². The van der Waals surface area contributed by atoms with Crippen LogP contribution in [0, 0.1) is 6.92 Å². The number of methoxy groups -OCH3 is 1. The first-order valence-corrected chi connectivity index (χ1v) is 6.05. The van der Waals surface area contributed by atoms with Crippen LogP contribution in [-0.2, 0) is 11.2 Å². The molecule has 2 aromatic rings. The first kappa shape index (κ1) is 13.8. The molecule has 1 aromatic carbocycles. The van der Waals surface area contributed by atoms with E-state index < -0.39 is 0 Å². The second-order valence-electron chi connectivity index (χ2n) is 4.23. The van der Waals surface area contributed by atoms with Crippen molar-refractivity contribution in [2.45, 2.75) is 13.3 Å². The Morgan fingerprint density at radius 1 is 1.35 bits per heavy atom. The molecule has 0 aliphatic rings. The Morgan fingerprint density at radius 3 is 2.80 bits per heavy atom. The molecule has 0 aliphatic carbocycles. The standard InChI is InChI=1S/C14H15N3O3/c1-9-7-13(20-2)17-14(15-9)16-12(19)8-10-5-3-4-6-11(10)18/h3-7,18H,8H2,1-2H3,(H,15,16,17,19). The lowest BCUT2D eigenvalue weighted by atomic mass is 10.1. The Hall–Kier alpha value is -2.63. The molecule has 20 heavy (non-hydrogen) atoms. The number of anilines is 1. The van der Waals surface area contributed by atoms with Crippen LogP contribution in [0.5, 0.6) is 11.6 Å². The Labute approximate surface area is 116 Å². The normalized spacial score (nSPS) is 10.1. The summed E-state index contributed by atoms with van der Waals surface area (Å²) >= 11 is 0. The molecule has 1 aromatic heterocycles. The molecule has 0 saturated heterocycles. The number of hydrogen-bond acceptors (Lipinski definition) is 5. The highest BCUT2D eigenvalue weighted by Gasteiger charge is 2.10. The van der Waals surface area contributed by atoms with Crippen molar-refractivity contribution in [1.82, 2.24) is 9.97 Å². The molecule has 0 unspecified atom stereocenters. The van der Waals surface area contributed by atoms with Gasteiger partial charge in [-0.2, -0.15) is 4.98 Å². The van der Waals surface area contributed by atoms with Gasteiger partial charge in [0.2, 0.25) is 17.7 Å². The summed E-state index contributed by atoms with van der Waals surface area (Å²) in [5.74, 6) is 0.349. The van der Waals surface area contributed by atoms with Gasteiger partial charge in [0.25, 0.3) is 0 Å². The summed E-state index contributed by atoms with van der Waals surface area (Å²) in [6.45, 7) is 1.78. The highest BCUT2D eigenvalue weighted by Crippen LogP contribution is 2.17. The van der Waals surface area contributed by atoms with Crippen molar-refractivity contribution in [1.29, 1.82) is 0 Å². The number of para-hydroxylation sites is 1. The van der Waals surface area contributed by atoms with Crippen LogP contribution in [0.1, 0.15) is 11.3 Å². The number of aromatic nitrogens is 2. The number of rotatable bonds is 4. The van der Waals surface area contributed by atoms with E-state index in [9.17, 15) is 9.90 Å². The Kier molecular flexibility index (Phi) is 4.14. The molecule has 0 bridgehead atoms. The fraction of sp³-hybridized carbons (Fsp3) is 0.214. The van der Waals surface area contributed by atoms with E-state index in [-0.39, 0.29) is 24.0 Å². The summed E-state index contributed by atoms with van der Waals surface area (Å²) in [6, 6.07) is 8.35. The molecular weight excluding hydrogens is 258 g/mol. The van der Waals surface area contributed by atoms with Crippen molar-refractivity contribution in [3.8, 4) is 11.6 Å². The van der Waals surface area contributed by atoms with Gasteiger partial charge >= 0.3 is 0 Å². The molecule has 6 nitrogen and oxygen atoms in total. The van der Waals surface area contributed by atoms with Gasteiger partial charge in [-0.15, -0.1) is 0 Å². The SMILES string of the molecule is COc1cc(C)nc(NC(=O)Cc2ccccc2O)n1. The number of ether oxygens (including phenoxy) is 1. The monoisotopic (exact) mass is 273 g/mol. The molecule has 1 heterocycles. The number of carbonyl (C=O) groups excluding carboxylic acids is 1. The van der Waals surface area contributed by atoms with Gasteiger partial charge in [0.05, 0.1) is 13.5 Å². The van der Waals surface area contributed by atoms with Gasteiger partial charge in [0.15, 0.2) is 0 Å². The number of nitrogens with zero attached hydrogens (tertiary/aromatic N) is 2. The van der Waals surface area contributed by atoms with Crippen LogP contribution >= 0.6 is 0 Å². The highest BCUT2D eigenvalue weighted by atomic mass is 16.5. The molecule has 0 spiro atoms. The maximum atomic E-state index is 11.9. The van der Waals surface area contributed by atoms with Crippen molar-refractivity contribution >= 4 is 11.9 Å². The van der Waals surface area contributed by atoms with E-state index in [2.05, 4.69) is 15.3 Å². The van der Waals surface area contributed by atoms with Crippen molar-refractivity contribution in [2.24, 2.45) is 0 Å². The van der Waals surface area contributed by atoms with Crippen LogP contribution in [0.25, 0.3) is 0 Å². The molecule has 1 amide bonds. The summed E-state index contributed by atoms with van der Waals surface area (Å²) in [5.41, 5.74) is 1.24. The van der Waals surface area contributed by atoms with E-state index >= 15 is 0 Å². The highest BCUT2D eigenvalue weighted by molar-refractivity contribution is 5.91. The maximum absolute atomic E-state index is 11.9. The second kappa shape index (κ2) is 6.01. The maximum Gasteiger partial charge on any atom is 0.232 e. The van der Waals surface area contributed by atoms with E-state index in [1.54, 1.807) is 31.2 Å².